The normalized spacial score (nSPS) is 13.3. The minimum atomic E-state index is -2.94. The van der Waals surface area contributed by atoms with E-state index in [1.54, 1.807) is 21.3 Å². The Bertz CT molecular complexity index is 1610. The van der Waals surface area contributed by atoms with Crippen molar-refractivity contribution in [1.82, 2.24) is 0 Å². The van der Waals surface area contributed by atoms with Crippen LogP contribution in [0, 0.1) is 0 Å². The van der Waals surface area contributed by atoms with Crippen LogP contribution >= 0.6 is 0 Å². The SMILES string of the molecule is CO[Si](OC)(OC)c1ccc(-c2c(C(C)(C)C)cc(-c3cc(C(C)(C)C)c(-c4ccccc4)c(C(C)(C)C)c3)cc2C(C)(C)C)cc1. The lowest BCUT2D eigenvalue weighted by molar-refractivity contribution is 0.140. The van der Waals surface area contributed by atoms with E-state index in [0.29, 0.717) is 0 Å². The topological polar surface area (TPSA) is 27.7 Å². The monoisotopic (exact) mass is 650 g/mol. The summed E-state index contributed by atoms with van der Waals surface area (Å²) in [6.45, 7) is 28.0. The predicted molar refractivity (Wildman–Crippen MR) is 204 cm³/mol. The second-order valence-corrected chi connectivity index (χ2v) is 19.9. The van der Waals surface area contributed by atoms with E-state index in [9.17, 15) is 0 Å². The first kappa shape index (κ1) is 36.8. The van der Waals surface area contributed by atoms with Gasteiger partial charge in [0.25, 0.3) is 0 Å². The Kier molecular flexibility index (Phi) is 10.3. The maximum atomic E-state index is 5.79. The number of hydrogen-bond donors (Lipinski definition) is 0. The summed E-state index contributed by atoms with van der Waals surface area (Å²) in [6.07, 6.45) is 0. The van der Waals surface area contributed by atoms with Crippen molar-refractivity contribution in [1.29, 1.82) is 0 Å². The van der Waals surface area contributed by atoms with Gasteiger partial charge in [-0.2, -0.15) is 0 Å². The van der Waals surface area contributed by atoms with Crippen LogP contribution in [0.25, 0.3) is 33.4 Å². The summed E-state index contributed by atoms with van der Waals surface area (Å²) in [5.74, 6) is 0. The van der Waals surface area contributed by atoms with Crippen LogP contribution in [0.2, 0.25) is 0 Å². The van der Waals surface area contributed by atoms with E-state index in [4.69, 9.17) is 13.3 Å². The van der Waals surface area contributed by atoms with Gasteiger partial charge in [0.15, 0.2) is 0 Å². The van der Waals surface area contributed by atoms with Crippen LogP contribution in [-0.4, -0.2) is 30.1 Å². The van der Waals surface area contributed by atoms with Crippen LogP contribution in [0.5, 0.6) is 0 Å². The van der Waals surface area contributed by atoms with E-state index in [0.717, 1.165) is 5.19 Å². The zero-order chi connectivity index (χ0) is 35.2. The third-order valence-electron chi connectivity index (χ3n) is 9.24. The maximum Gasteiger partial charge on any atom is 0.536 e. The third kappa shape index (κ3) is 7.52. The second kappa shape index (κ2) is 13.1. The Morgan fingerprint density at radius 2 is 0.681 bits per heavy atom. The molecular weight excluding hydrogens is 593 g/mol. The molecule has 4 aromatic rings. The average molecular weight is 651 g/mol. The van der Waals surface area contributed by atoms with Crippen molar-refractivity contribution in [2.45, 2.75) is 105 Å². The highest BCUT2D eigenvalue weighted by atomic mass is 28.4. The molecular formula is C43H58O3Si. The molecule has 4 rings (SSSR count). The van der Waals surface area contributed by atoms with Crippen molar-refractivity contribution in [3.05, 3.63) is 101 Å². The summed E-state index contributed by atoms with van der Waals surface area (Å²) in [5, 5.41) is 0.947. The first-order valence-corrected chi connectivity index (χ1v) is 18.6. The Morgan fingerprint density at radius 1 is 0.383 bits per heavy atom. The lowest BCUT2D eigenvalue weighted by Gasteiger charge is -2.33. The van der Waals surface area contributed by atoms with Gasteiger partial charge in [-0.15, -0.1) is 0 Å². The molecule has 0 heterocycles. The Hall–Kier alpha value is -3.02. The van der Waals surface area contributed by atoms with Crippen molar-refractivity contribution in [2.75, 3.05) is 21.3 Å². The quantitative estimate of drug-likeness (QED) is 0.186. The number of rotatable bonds is 7. The first-order chi connectivity index (χ1) is 21.7. The lowest BCUT2D eigenvalue weighted by Crippen LogP contribution is -2.54. The van der Waals surface area contributed by atoms with Gasteiger partial charge in [0.2, 0.25) is 0 Å². The van der Waals surface area contributed by atoms with Crippen molar-refractivity contribution in [2.24, 2.45) is 0 Å². The van der Waals surface area contributed by atoms with Gasteiger partial charge < -0.3 is 13.3 Å². The Morgan fingerprint density at radius 3 is 0.957 bits per heavy atom. The number of hydrogen-bond acceptors (Lipinski definition) is 3. The summed E-state index contributed by atoms with van der Waals surface area (Å²) in [6, 6.07) is 29.4. The molecule has 0 aliphatic rings. The zero-order valence-electron chi connectivity index (χ0n) is 31.7. The molecule has 0 bridgehead atoms. The van der Waals surface area contributed by atoms with Gasteiger partial charge in [-0.1, -0.05) is 138 Å². The Labute approximate surface area is 287 Å². The molecule has 0 aliphatic carbocycles. The van der Waals surface area contributed by atoms with Gasteiger partial charge in [-0.3, -0.25) is 0 Å². The molecule has 47 heavy (non-hydrogen) atoms. The van der Waals surface area contributed by atoms with Crippen LogP contribution in [0.1, 0.15) is 105 Å². The fraction of sp³-hybridized carbons (Fsp3) is 0.442. The summed E-state index contributed by atoms with van der Waals surface area (Å²) in [4.78, 5) is 0. The van der Waals surface area contributed by atoms with Crippen LogP contribution in [0.3, 0.4) is 0 Å². The molecule has 3 nitrogen and oxygen atoms in total. The summed E-state index contributed by atoms with van der Waals surface area (Å²) >= 11 is 0. The fourth-order valence-corrected chi connectivity index (χ4v) is 8.44. The maximum absolute atomic E-state index is 5.79. The summed E-state index contributed by atoms with van der Waals surface area (Å²) in [7, 11) is 2.03. The van der Waals surface area contributed by atoms with Crippen molar-refractivity contribution in [3.8, 4) is 33.4 Å². The molecule has 0 saturated heterocycles. The highest BCUT2D eigenvalue weighted by molar-refractivity contribution is 6.75. The largest absolute Gasteiger partial charge is 0.536 e. The van der Waals surface area contributed by atoms with Crippen molar-refractivity contribution >= 4 is 14.0 Å². The van der Waals surface area contributed by atoms with Crippen LogP contribution in [0.4, 0.5) is 0 Å². The van der Waals surface area contributed by atoms with E-state index in [-0.39, 0.29) is 21.7 Å². The van der Waals surface area contributed by atoms with Crippen LogP contribution in [-0.2, 0) is 34.9 Å². The molecule has 0 aromatic heterocycles. The van der Waals surface area contributed by atoms with Crippen molar-refractivity contribution in [3.63, 3.8) is 0 Å². The minimum Gasteiger partial charge on any atom is -0.373 e. The van der Waals surface area contributed by atoms with E-state index in [1.807, 2.05) is 0 Å². The van der Waals surface area contributed by atoms with Gasteiger partial charge in [-0.25, -0.2) is 0 Å². The predicted octanol–water partition coefficient (Wildman–Crippen LogP) is 11.0. The van der Waals surface area contributed by atoms with Crippen LogP contribution < -0.4 is 5.19 Å². The smallest absolute Gasteiger partial charge is 0.373 e. The summed E-state index contributed by atoms with van der Waals surface area (Å²) < 4.78 is 17.4. The molecule has 4 aromatic carbocycles. The van der Waals surface area contributed by atoms with Crippen molar-refractivity contribution < 1.29 is 13.3 Å². The van der Waals surface area contributed by atoms with Crippen LogP contribution in [0.15, 0.2) is 78.9 Å². The molecule has 0 N–H and O–H groups in total. The van der Waals surface area contributed by atoms with E-state index >= 15 is 0 Å². The standard InChI is InChI=1S/C43H58O3Si/c1-40(2,3)34-25-31(26-35(41(4,5)6)38(34)29-19-17-16-18-20-29)32-27-36(42(7,8)9)39(37(28-32)43(10,11)12)30-21-23-33(24-22-30)47(44-13,45-14)46-15/h16-28H,1-15H3. The zero-order valence-corrected chi connectivity index (χ0v) is 32.7. The van der Waals surface area contributed by atoms with Gasteiger partial charge in [0, 0.05) is 26.5 Å². The molecule has 0 unspecified atom stereocenters. The molecule has 0 radical (unpaired) electrons. The average Bonchev–Trinajstić information content (AvgIpc) is 3.00. The number of benzene rings is 4. The molecule has 0 saturated carbocycles. The highest BCUT2D eigenvalue weighted by Crippen LogP contribution is 2.47. The van der Waals surface area contributed by atoms with Gasteiger partial charge >= 0.3 is 8.80 Å². The van der Waals surface area contributed by atoms with Gasteiger partial charge in [0.05, 0.1) is 0 Å². The first-order valence-electron chi connectivity index (χ1n) is 16.9. The van der Waals surface area contributed by atoms with Gasteiger partial charge in [0.1, 0.15) is 0 Å². The fourth-order valence-electron chi connectivity index (χ4n) is 6.65. The molecule has 0 spiro atoms. The molecule has 0 aliphatic heterocycles. The molecule has 4 heteroatoms. The molecule has 0 atom stereocenters. The summed E-state index contributed by atoms with van der Waals surface area (Å²) in [5.41, 5.74) is 12.8. The molecule has 0 fully saturated rings. The highest BCUT2D eigenvalue weighted by Gasteiger charge is 2.41. The minimum absolute atomic E-state index is 0.0479. The molecule has 0 amide bonds. The second-order valence-electron chi connectivity index (χ2n) is 17.0. The Balaban J connectivity index is 2.09. The van der Waals surface area contributed by atoms with E-state index in [2.05, 4.69) is 162 Å². The van der Waals surface area contributed by atoms with E-state index in [1.165, 1.54) is 55.6 Å². The lowest BCUT2D eigenvalue weighted by atomic mass is 9.71. The third-order valence-corrected chi connectivity index (χ3v) is 11.9. The van der Waals surface area contributed by atoms with Gasteiger partial charge in [-0.05, 0) is 102 Å². The van der Waals surface area contributed by atoms with E-state index < -0.39 is 8.80 Å². The molecule has 252 valence electrons.